The number of carbonyl (C=O) groups excluding carboxylic acids is 6. The fraction of sp³-hybridized carbons (Fsp3) is 0.286. The Labute approximate surface area is 247 Å². The molecule has 12 heteroatoms. The minimum absolute atomic E-state index is 0.0749. The molecule has 0 saturated heterocycles. The third-order valence-electron chi connectivity index (χ3n) is 5.48. The first-order chi connectivity index (χ1) is 19.1. The van der Waals surface area contributed by atoms with Crippen molar-refractivity contribution in [3.63, 3.8) is 0 Å². The molecule has 2 aromatic carbocycles. The second-order valence-electron chi connectivity index (χ2n) is 8.25. The van der Waals surface area contributed by atoms with Gasteiger partial charge < -0.3 is 18.9 Å². The van der Waals surface area contributed by atoms with Crippen LogP contribution in [0, 0.1) is 11.8 Å². The molecule has 2 aromatic rings. The van der Waals surface area contributed by atoms with Crippen molar-refractivity contribution in [2.75, 3.05) is 13.2 Å². The molecular weight excluding hydrogens is 656 g/mol. The van der Waals surface area contributed by atoms with E-state index in [0.717, 1.165) is 12.2 Å². The number of hydrogen-bond acceptors (Lipinski definition) is 10. The van der Waals surface area contributed by atoms with Gasteiger partial charge in [-0.1, -0.05) is 45.7 Å². The van der Waals surface area contributed by atoms with Crippen LogP contribution in [0.5, 0.6) is 11.5 Å². The van der Waals surface area contributed by atoms with Crippen LogP contribution in [0.25, 0.3) is 0 Å². The second-order valence-corrected chi connectivity index (χ2v) is 10.1. The average Bonchev–Trinajstić information content (AvgIpc) is 2.94. The highest BCUT2D eigenvalue weighted by Crippen LogP contribution is 2.24. The summed E-state index contributed by atoms with van der Waals surface area (Å²) in [6.07, 6.45) is 3.34. The van der Waals surface area contributed by atoms with Crippen LogP contribution in [0.2, 0.25) is 0 Å². The Bertz CT molecular complexity index is 1190. The van der Waals surface area contributed by atoms with Crippen molar-refractivity contribution in [1.29, 1.82) is 0 Å². The van der Waals surface area contributed by atoms with Crippen LogP contribution in [0.3, 0.4) is 0 Å². The molecule has 0 aliphatic carbocycles. The van der Waals surface area contributed by atoms with Gasteiger partial charge in [0.15, 0.2) is 12.6 Å². The van der Waals surface area contributed by atoms with E-state index < -0.39 is 35.7 Å². The van der Waals surface area contributed by atoms with Gasteiger partial charge in [-0.25, -0.2) is 9.59 Å². The first kappa shape index (κ1) is 32.6. The van der Waals surface area contributed by atoms with Gasteiger partial charge in [-0.2, -0.15) is 0 Å². The highest BCUT2D eigenvalue weighted by atomic mass is 79.9. The van der Waals surface area contributed by atoms with E-state index >= 15 is 0 Å². The van der Waals surface area contributed by atoms with Crippen molar-refractivity contribution in [1.82, 2.24) is 0 Å². The quantitative estimate of drug-likeness (QED) is 0.115. The highest BCUT2D eigenvalue weighted by Gasteiger charge is 2.23. The summed E-state index contributed by atoms with van der Waals surface area (Å²) < 4.78 is 21.9. The van der Waals surface area contributed by atoms with Crippen molar-refractivity contribution >= 4 is 68.3 Å². The molecule has 40 heavy (non-hydrogen) atoms. The molecule has 2 unspecified atom stereocenters. The number of aldehydes is 2. The zero-order chi connectivity index (χ0) is 29.7. The predicted octanol–water partition coefficient (Wildman–Crippen LogP) is 5.04. The molecule has 0 saturated carbocycles. The van der Waals surface area contributed by atoms with Gasteiger partial charge >= 0.3 is 23.9 Å². The third-order valence-corrected chi connectivity index (χ3v) is 6.47. The van der Waals surface area contributed by atoms with Crippen LogP contribution >= 0.6 is 31.9 Å². The number of hydrogen-bond donors (Lipinski definition) is 0. The normalized spacial score (nSPS) is 12.2. The maximum atomic E-state index is 12.5. The van der Waals surface area contributed by atoms with Crippen molar-refractivity contribution in [2.45, 2.75) is 26.7 Å². The van der Waals surface area contributed by atoms with Crippen LogP contribution in [0.1, 0.15) is 47.4 Å². The fourth-order valence-corrected chi connectivity index (χ4v) is 3.85. The third kappa shape index (κ3) is 10.2. The van der Waals surface area contributed by atoms with E-state index in [4.69, 9.17) is 18.9 Å². The molecule has 0 N–H and O–H groups in total. The number of ether oxygens (including phenoxy) is 4. The predicted molar refractivity (Wildman–Crippen MR) is 149 cm³/mol. The number of carbonyl (C=O) groups is 6. The van der Waals surface area contributed by atoms with Crippen LogP contribution in [-0.2, 0) is 28.7 Å². The van der Waals surface area contributed by atoms with Gasteiger partial charge in [0.05, 0.1) is 23.0 Å². The number of rotatable bonds is 14. The first-order valence-corrected chi connectivity index (χ1v) is 13.6. The van der Waals surface area contributed by atoms with E-state index in [2.05, 4.69) is 31.9 Å². The summed E-state index contributed by atoms with van der Waals surface area (Å²) in [6.45, 7) is 2.76. The molecule has 0 aliphatic heterocycles. The molecule has 0 radical (unpaired) electrons. The zero-order valence-corrected chi connectivity index (χ0v) is 24.8. The van der Waals surface area contributed by atoms with Crippen molar-refractivity contribution in [3.8, 4) is 11.5 Å². The van der Waals surface area contributed by atoms with Gasteiger partial charge in [0, 0.05) is 21.1 Å². The van der Waals surface area contributed by atoms with Crippen LogP contribution in [-0.4, -0.2) is 49.7 Å². The van der Waals surface area contributed by atoms with Crippen LogP contribution < -0.4 is 9.47 Å². The lowest BCUT2D eigenvalue weighted by Crippen LogP contribution is -2.26. The molecule has 0 spiro atoms. The smallest absolute Gasteiger partial charge is 0.331 e. The van der Waals surface area contributed by atoms with Gasteiger partial charge in [0.25, 0.3) is 0 Å². The Morgan fingerprint density at radius 3 is 1.40 bits per heavy atom. The van der Waals surface area contributed by atoms with E-state index in [9.17, 15) is 28.8 Å². The molecule has 212 valence electrons. The Morgan fingerprint density at radius 2 is 1.07 bits per heavy atom. The molecule has 0 heterocycles. The highest BCUT2D eigenvalue weighted by molar-refractivity contribution is 9.10. The largest absolute Gasteiger partial charge is 0.462 e. The number of halogens is 2. The summed E-state index contributed by atoms with van der Waals surface area (Å²) >= 11 is 6.46. The SMILES string of the molecule is CCC(COC(=O)/C=C/C(=O)OCC(CC)C(=O)Oc1ccc(Br)cc1C=O)C(=O)Oc1ccc(Br)cc1C=O. The monoisotopic (exact) mass is 680 g/mol. The molecule has 0 aliphatic rings. The van der Waals surface area contributed by atoms with Gasteiger partial charge in [-0.15, -0.1) is 0 Å². The number of benzene rings is 2. The topological polar surface area (TPSA) is 139 Å². The lowest BCUT2D eigenvalue weighted by atomic mass is 10.1. The Balaban J connectivity index is 1.84. The molecule has 0 fully saturated rings. The van der Waals surface area contributed by atoms with Gasteiger partial charge in [-0.3, -0.25) is 19.2 Å². The molecule has 0 amide bonds. The van der Waals surface area contributed by atoms with Crippen molar-refractivity contribution in [3.05, 3.63) is 68.6 Å². The minimum Gasteiger partial charge on any atom is -0.462 e. The van der Waals surface area contributed by atoms with Crippen LogP contribution in [0.15, 0.2) is 57.5 Å². The summed E-state index contributed by atoms with van der Waals surface area (Å²) in [5.74, 6) is -4.65. The summed E-state index contributed by atoms with van der Waals surface area (Å²) in [7, 11) is 0. The molecule has 0 bridgehead atoms. The zero-order valence-electron chi connectivity index (χ0n) is 21.6. The maximum absolute atomic E-state index is 12.5. The summed E-state index contributed by atoms with van der Waals surface area (Å²) in [5, 5.41) is 0. The Hall–Kier alpha value is -3.64. The Kier molecular flexibility index (Phi) is 13.4. The van der Waals surface area contributed by atoms with E-state index in [1.807, 2.05) is 0 Å². The van der Waals surface area contributed by atoms with E-state index in [1.54, 1.807) is 26.0 Å². The maximum Gasteiger partial charge on any atom is 0.331 e. The first-order valence-electron chi connectivity index (χ1n) is 12.1. The molecule has 10 nitrogen and oxygen atoms in total. The van der Waals surface area contributed by atoms with Crippen LogP contribution in [0.4, 0.5) is 0 Å². The van der Waals surface area contributed by atoms with Gasteiger partial charge in [-0.05, 0) is 49.2 Å². The molecular formula is C28H26Br2O10. The summed E-state index contributed by atoms with van der Waals surface area (Å²) in [5.41, 5.74) is 0.349. The van der Waals surface area contributed by atoms with Gasteiger partial charge in [0.2, 0.25) is 0 Å². The fourth-order valence-electron chi connectivity index (χ4n) is 3.10. The standard InChI is InChI=1S/C28H26Br2O10/c1-3-17(27(35)39-23-7-5-21(29)11-19(23)13-31)15-37-25(33)9-10-26(34)38-16-18(4-2)28(36)40-24-8-6-22(30)12-20(24)14-32/h5-14,17-18H,3-4,15-16H2,1-2H3/b10-9+. The number of esters is 4. The molecule has 2 atom stereocenters. The van der Waals surface area contributed by atoms with E-state index in [0.29, 0.717) is 21.5 Å². The molecule has 2 rings (SSSR count). The summed E-state index contributed by atoms with van der Waals surface area (Å²) in [4.78, 5) is 71.5. The Morgan fingerprint density at radius 1 is 0.700 bits per heavy atom. The van der Waals surface area contributed by atoms with Crippen molar-refractivity contribution in [2.24, 2.45) is 11.8 Å². The average molecular weight is 682 g/mol. The lowest BCUT2D eigenvalue weighted by Gasteiger charge is -2.15. The lowest BCUT2D eigenvalue weighted by molar-refractivity contribution is -0.149. The second kappa shape index (κ2) is 16.5. The molecule has 0 aromatic heterocycles. The van der Waals surface area contributed by atoms with Gasteiger partial charge in [0.1, 0.15) is 24.7 Å². The van der Waals surface area contributed by atoms with Crippen molar-refractivity contribution < 1.29 is 47.7 Å². The summed E-state index contributed by atoms with van der Waals surface area (Å²) in [6, 6.07) is 9.14. The minimum atomic E-state index is -0.900. The van der Waals surface area contributed by atoms with E-state index in [-0.39, 0.29) is 48.7 Å². The van der Waals surface area contributed by atoms with E-state index in [1.165, 1.54) is 24.3 Å².